The normalized spacial score (nSPS) is 17.7. The zero-order chi connectivity index (χ0) is 27.8. The first kappa shape index (κ1) is 28.4. The molecule has 0 radical (unpaired) electrons. The highest BCUT2D eigenvalue weighted by molar-refractivity contribution is 5.99. The molecule has 6 nitrogen and oxygen atoms in total. The van der Waals surface area contributed by atoms with Crippen LogP contribution < -0.4 is 20.4 Å². The summed E-state index contributed by atoms with van der Waals surface area (Å²) >= 11 is 0. The number of fused-ring (bicyclic) bond motifs is 1. The fourth-order valence-corrected chi connectivity index (χ4v) is 5.97. The van der Waals surface area contributed by atoms with Crippen LogP contribution in [0.2, 0.25) is 0 Å². The smallest absolute Gasteiger partial charge is 0.232 e. The van der Waals surface area contributed by atoms with Crippen molar-refractivity contribution < 1.29 is 9.30 Å². The Labute approximate surface area is 233 Å². The second-order valence-electron chi connectivity index (χ2n) is 10.7. The Morgan fingerprint density at radius 2 is 1.79 bits per heavy atom. The van der Waals surface area contributed by atoms with Crippen LogP contribution >= 0.6 is 0 Å². The van der Waals surface area contributed by atoms with E-state index in [2.05, 4.69) is 41.4 Å². The van der Waals surface area contributed by atoms with Gasteiger partial charge in [0.05, 0.1) is 7.05 Å². The van der Waals surface area contributed by atoms with Crippen LogP contribution in [-0.2, 0) is 7.05 Å². The number of piperidine rings is 1. The van der Waals surface area contributed by atoms with E-state index < -0.39 is 0 Å². The summed E-state index contributed by atoms with van der Waals surface area (Å²) in [6.07, 6.45) is 20.9. The van der Waals surface area contributed by atoms with Crippen LogP contribution in [0.5, 0.6) is 5.75 Å². The van der Waals surface area contributed by atoms with E-state index in [1.807, 2.05) is 62.2 Å². The van der Waals surface area contributed by atoms with E-state index in [9.17, 15) is 0 Å². The summed E-state index contributed by atoms with van der Waals surface area (Å²) in [4.78, 5) is 4.85. The summed E-state index contributed by atoms with van der Waals surface area (Å²) in [6, 6.07) is 8.68. The molecule has 0 atom stereocenters. The molecular weight excluding hydrogens is 482 g/mol. The first-order chi connectivity index (χ1) is 18.9. The number of anilines is 1. The van der Waals surface area contributed by atoms with Crippen LogP contribution in [0.1, 0.15) is 58.4 Å². The quantitative estimate of drug-likeness (QED) is 0.160. The van der Waals surface area contributed by atoms with E-state index in [4.69, 9.17) is 15.5 Å². The van der Waals surface area contributed by atoms with E-state index in [-0.39, 0.29) is 0 Å². The van der Waals surface area contributed by atoms with Crippen molar-refractivity contribution in [3.63, 3.8) is 0 Å². The van der Waals surface area contributed by atoms with Crippen LogP contribution in [0.15, 0.2) is 86.1 Å². The van der Waals surface area contributed by atoms with Crippen LogP contribution in [0.4, 0.5) is 5.82 Å². The lowest BCUT2D eigenvalue weighted by Crippen LogP contribution is -2.39. The predicted octanol–water partition coefficient (Wildman–Crippen LogP) is 6.81. The van der Waals surface area contributed by atoms with Crippen molar-refractivity contribution in [2.75, 3.05) is 18.8 Å². The van der Waals surface area contributed by atoms with E-state index >= 15 is 0 Å². The van der Waals surface area contributed by atoms with Gasteiger partial charge in [0.15, 0.2) is 0 Å². The third-order valence-corrected chi connectivity index (χ3v) is 8.08. The number of hydrogen-bond acceptors (Lipinski definition) is 4. The summed E-state index contributed by atoms with van der Waals surface area (Å²) in [5.74, 6) is 2.27. The van der Waals surface area contributed by atoms with E-state index in [0.717, 1.165) is 52.6 Å². The highest BCUT2D eigenvalue weighted by atomic mass is 16.5. The summed E-state index contributed by atoms with van der Waals surface area (Å²) in [7, 11) is 1.95. The Hall–Kier alpha value is -3.64. The molecule has 1 spiro atoms. The Balaban J connectivity index is 0.00000112. The van der Waals surface area contributed by atoms with Gasteiger partial charge in [0.2, 0.25) is 17.8 Å². The zero-order valence-electron chi connectivity index (χ0n) is 23.8. The van der Waals surface area contributed by atoms with Gasteiger partial charge in [-0.05, 0) is 101 Å². The average molecular weight is 527 g/mol. The first-order valence-corrected chi connectivity index (χ1v) is 14.1. The number of aryl methyl sites for hydroxylation is 1. The SMILES string of the molecule is C=C/C=C(\C=C/C)Oc1ccc(-c2cn(C3CCC4(CCNCC4)CC3)c3nc[n+](C)c(N)c23)cc1.C=CC. The minimum absolute atomic E-state index is 0.455. The Bertz CT molecular complexity index is 1330. The number of nitrogens with one attached hydrogen (secondary N) is 1. The molecule has 2 aromatic heterocycles. The summed E-state index contributed by atoms with van der Waals surface area (Å²) in [5.41, 5.74) is 10.4. The Morgan fingerprint density at radius 1 is 1.13 bits per heavy atom. The lowest BCUT2D eigenvalue weighted by atomic mass is 9.67. The first-order valence-electron chi connectivity index (χ1n) is 14.1. The number of nitrogens with two attached hydrogens (primary N) is 1. The van der Waals surface area contributed by atoms with E-state index in [0.29, 0.717) is 11.5 Å². The van der Waals surface area contributed by atoms with Gasteiger partial charge in [-0.1, -0.05) is 41.9 Å². The van der Waals surface area contributed by atoms with Crippen molar-refractivity contribution in [1.29, 1.82) is 0 Å². The maximum absolute atomic E-state index is 6.63. The molecule has 1 aromatic carbocycles. The fourth-order valence-electron chi connectivity index (χ4n) is 5.97. The highest BCUT2D eigenvalue weighted by Crippen LogP contribution is 2.47. The monoisotopic (exact) mass is 526 g/mol. The predicted molar refractivity (Wildman–Crippen MR) is 162 cm³/mol. The van der Waals surface area contributed by atoms with Gasteiger partial charge < -0.3 is 20.4 Å². The van der Waals surface area contributed by atoms with Gasteiger partial charge in [-0.2, -0.15) is 0 Å². The second kappa shape index (κ2) is 12.9. The number of hydrogen-bond donors (Lipinski definition) is 2. The number of rotatable bonds is 6. The minimum atomic E-state index is 0.455. The number of nitrogen functional groups attached to an aromatic ring is 1. The van der Waals surface area contributed by atoms with Crippen molar-refractivity contribution in [2.45, 2.75) is 58.4 Å². The van der Waals surface area contributed by atoms with Crippen LogP contribution in [-0.4, -0.2) is 22.6 Å². The number of aromatic nitrogens is 3. The number of benzene rings is 1. The molecule has 0 bridgehead atoms. The maximum Gasteiger partial charge on any atom is 0.232 e. The van der Waals surface area contributed by atoms with Crippen molar-refractivity contribution >= 4 is 16.9 Å². The maximum atomic E-state index is 6.63. The average Bonchev–Trinajstić information content (AvgIpc) is 3.33. The van der Waals surface area contributed by atoms with E-state index in [1.54, 1.807) is 12.2 Å². The van der Waals surface area contributed by atoms with Gasteiger partial charge in [-0.15, -0.1) is 6.58 Å². The highest BCUT2D eigenvalue weighted by Gasteiger charge is 2.37. The van der Waals surface area contributed by atoms with Gasteiger partial charge in [-0.3, -0.25) is 0 Å². The second-order valence-corrected chi connectivity index (χ2v) is 10.7. The van der Waals surface area contributed by atoms with Crippen LogP contribution in [0, 0.1) is 5.41 Å². The Kier molecular flexibility index (Phi) is 9.41. The molecule has 1 aliphatic carbocycles. The lowest BCUT2D eigenvalue weighted by Gasteiger charge is -2.43. The largest absolute Gasteiger partial charge is 0.457 e. The van der Waals surface area contributed by atoms with Crippen molar-refractivity contribution in [2.24, 2.45) is 12.5 Å². The molecule has 0 amide bonds. The summed E-state index contributed by atoms with van der Waals surface area (Å²) < 4.78 is 10.3. The molecule has 1 saturated carbocycles. The van der Waals surface area contributed by atoms with Crippen LogP contribution in [0.3, 0.4) is 0 Å². The molecule has 3 heterocycles. The van der Waals surface area contributed by atoms with Crippen molar-refractivity contribution in [3.05, 3.63) is 86.1 Å². The molecule has 6 heteroatoms. The van der Waals surface area contributed by atoms with Crippen molar-refractivity contribution in [3.8, 4) is 16.9 Å². The molecule has 0 unspecified atom stereocenters. The fraction of sp³-hybridized carbons (Fsp3) is 0.394. The summed E-state index contributed by atoms with van der Waals surface area (Å²) in [5, 5.41) is 4.56. The number of ether oxygens (including phenoxy) is 1. The molecule has 3 N–H and O–H groups in total. The Morgan fingerprint density at radius 3 is 2.41 bits per heavy atom. The molecule has 206 valence electrons. The molecule has 1 aliphatic heterocycles. The topological polar surface area (TPSA) is 69.0 Å². The number of nitrogens with zero attached hydrogens (tertiary/aromatic N) is 3. The standard InChI is InChI=1S/C30H37N5O.C3H6/c1-4-6-24(7-5-2)36-25-10-8-22(9-11-25)26-20-35(29-27(26)28(31)34(3)21-33-29)23-12-14-30(15-13-23)16-18-32-19-17-30;1-3-2/h4-11,20-21,23,31-32H,1,12-19H2,2-3H3;3H,1H2,2H3/p+1/b7-5-,24-6+;. The van der Waals surface area contributed by atoms with Gasteiger partial charge >= 0.3 is 0 Å². The van der Waals surface area contributed by atoms with Gasteiger partial charge in [0, 0.05) is 17.8 Å². The zero-order valence-corrected chi connectivity index (χ0v) is 23.8. The third kappa shape index (κ3) is 6.34. The molecule has 2 fully saturated rings. The van der Waals surface area contributed by atoms with E-state index in [1.165, 1.54) is 38.5 Å². The lowest BCUT2D eigenvalue weighted by molar-refractivity contribution is -0.658. The molecule has 1 saturated heterocycles. The van der Waals surface area contributed by atoms with Gasteiger partial charge in [0.25, 0.3) is 0 Å². The van der Waals surface area contributed by atoms with Crippen LogP contribution in [0.25, 0.3) is 22.2 Å². The molecule has 39 heavy (non-hydrogen) atoms. The minimum Gasteiger partial charge on any atom is -0.457 e. The summed E-state index contributed by atoms with van der Waals surface area (Å²) in [6.45, 7) is 13.3. The molecule has 5 rings (SSSR count). The number of allylic oxidation sites excluding steroid dienone is 5. The molecule has 3 aromatic rings. The third-order valence-electron chi connectivity index (χ3n) is 8.08. The van der Waals surface area contributed by atoms with Gasteiger partial charge in [0.1, 0.15) is 16.9 Å². The molecular formula is C33H44N5O+. The van der Waals surface area contributed by atoms with Gasteiger partial charge in [-0.25, -0.2) is 4.57 Å². The van der Waals surface area contributed by atoms with Crippen molar-refractivity contribution in [1.82, 2.24) is 14.9 Å². The molecule has 2 aliphatic rings.